The molecule has 1 fully saturated rings. The second-order valence-corrected chi connectivity index (χ2v) is 13.8. The number of hydrogen-bond donors (Lipinski definition) is 0. The molecule has 2 unspecified atom stereocenters. The van der Waals surface area contributed by atoms with Crippen molar-refractivity contribution in [2.75, 3.05) is 40.5 Å². The van der Waals surface area contributed by atoms with E-state index in [1.807, 2.05) is 20.2 Å². The molecule has 246 valence electrons. The SMILES string of the molecule is CCCCCCCCCCCCCCCCOCC(COP(=O)([O-])OC=C1CCCC[N+]1(C)C)OC(=O)c1ccccc1. The summed E-state index contributed by atoms with van der Waals surface area (Å²) in [6, 6.07) is 8.59. The molecule has 1 aromatic rings. The Balaban J connectivity index is 1.67. The second kappa shape index (κ2) is 21.9. The number of piperidine rings is 1. The summed E-state index contributed by atoms with van der Waals surface area (Å²) in [4.78, 5) is 25.2. The molecule has 0 N–H and O–H groups in total. The van der Waals surface area contributed by atoms with Crippen LogP contribution in [0.5, 0.6) is 0 Å². The van der Waals surface area contributed by atoms with Crippen molar-refractivity contribution < 1.29 is 37.3 Å². The van der Waals surface area contributed by atoms with Crippen molar-refractivity contribution in [2.24, 2.45) is 0 Å². The van der Waals surface area contributed by atoms with Gasteiger partial charge < -0.3 is 23.4 Å². The van der Waals surface area contributed by atoms with Crippen molar-refractivity contribution in [3.05, 3.63) is 47.9 Å². The van der Waals surface area contributed by atoms with Crippen LogP contribution in [0.4, 0.5) is 0 Å². The predicted octanol–water partition coefficient (Wildman–Crippen LogP) is 8.31. The second-order valence-electron chi connectivity index (χ2n) is 12.4. The Morgan fingerprint density at radius 2 is 1.47 bits per heavy atom. The van der Waals surface area contributed by atoms with Gasteiger partial charge in [0.2, 0.25) is 0 Å². The van der Waals surface area contributed by atoms with Crippen LogP contribution in [0.25, 0.3) is 0 Å². The van der Waals surface area contributed by atoms with E-state index in [-0.39, 0.29) is 13.2 Å². The maximum absolute atomic E-state index is 12.6. The molecule has 1 aliphatic rings. The van der Waals surface area contributed by atoms with Crippen LogP contribution in [0.3, 0.4) is 0 Å². The van der Waals surface area contributed by atoms with Crippen LogP contribution in [0, 0.1) is 0 Å². The highest BCUT2D eigenvalue weighted by molar-refractivity contribution is 7.46. The zero-order chi connectivity index (χ0) is 31.2. The minimum Gasteiger partial charge on any atom is -0.746 e. The van der Waals surface area contributed by atoms with E-state index in [0.29, 0.717) is 16.7 Å². The Kier molecular flexibility index (Phi) is 19.1. The number of phosphoric acid groups is 1. The van der Waals surface area contributed by atoms with Gasteiger partial charge in [-0.25, -0.2) is 4.79 Å². The highest BCUT2D eigenvalue weighted by Crippen LogP contribution is 2.40. The molecule has 8 nitrogen and oxygen atoms in total. The summed E-state index contributed by atoms with van der Waals surface area (Å²) in [5, 5.41) is 0. The number of likely N-dealkylation sites (tertiary alicyclic amines) is 1. The smallest absolute Gasteiger partial charge is 0.338 e. The topological polar surface area (TPSA) is 94.1 Å². The lowest BCUT2D eigenvalue weighted by Gasteiger charge is -2.35. The van der Waals surface area contributed by atoms with Crippen LogP contribution in [-0.2, 0) is 23.1 Å². The molecule has 1 aromatic carbocycles. The predicted molar refractivity (Wildman–Crippen MR) is 170 cm³/mol. The van der Waals surface area contributed by atoms with Crippen LogP contribution >= 0.6 is 7.82 Å². The van der Waals surface area contributed by atoms with E-state index >= 15 is 0 Å². The first kappa shape index (κ1) is 37.5. The molecule has 2 rings (SSSR count). The number of carbonyl (C=O) groups is 1. The van der Waals surface area contributed by atoms with Crippen molar-refractivity contribution in [1.82, 2.24) is 0 Å². The summed E-state index contributed by atoms with van der Waals surface area (Å²) < 4.78 is 34.7. The van der Waals surface area contributed by atoms with Crippen molar-refractivity contribution in [3.63, 3.8) is 0 Å². The van der Waals surface area contributed by atoms with Gasteiger partial charge in [-0.1, -0.05) is 109 Å². The Hall–Kier alpha value is -1.70. The Morgan fingerprint density at radius 1 is 0.884 bits per heavy atom. The largest absolute Gasteiger partial charge is 0.746 e. The standard InChI is InChI=1S/C34H58NO7P/c1-4-5-6-7-8-9-10-11-12-13-14-15-16-22-27-39-29-33(42-34(36)31-23-18-17-19-24-31)30-41-43(37,38)40-28-32-25-20-21-26-35(32,2)3/h17-19,23-24,28,33H,4-16,20-22,25-27,29-30H2,1-3H3. The molecule has 0 aromatic heterocycles. The lowest BCUT2D eigenvalue weighted by atomic mass is 10.0. The van der Waals surface area contributed by atoms with E-state index in [1.54, 1.807) is 24.3 Å². The van der Waals surface area contributed by atoms with E-state index in [0.717, 1.165) is 44.3 Å². The fourth-order valence-electron chi connectivity index (χ4n) is 5.31. The normalized spacial score (nSPS) is 17.8. The molecule has 0 aliphatic carbocycles. The van der Waals surface area contributed by atoms with Crippen LogP contribution < -0.4 is 4.89 Å². The van der Waals surface area contributed by atoms with Crippen molar-refractivity contribution >= 4 is 13.8 Å². The Morgan fingerprint density at radius 3 is 2.05 bits per heavy atom. The molecule has 1 aliphatic heterocycles. The third-order valence-corrected chi connectivity index (χ3v) is 8.97. The molecule has 0 amide bonds. The molecular weight excluding hydrogens is 565 g/mol. The number of benzene rings is 1. The van der Waals surface area contributed by atoms with Gasteiger partial charge in [0.25, 0.3) is 0 Å². The van der Waals surface area contributed by atoms with E-state index in [2.05, 4.69) is 6.92 Å². The number of ether oxygens (including phenoxy) is 2. The van der Waals surface area contributed by atoms with Gasteiger partial charge in [-0.3, -0.25) is 9.05 Å². The first-order valence-corrected chi connectivity index (χ1v) is 18.2. The van der Waals surface area contributed by atoms with Crippen LogP contribution in [0.2, 0.25) is 0 Å². The van der Waals surface area contributed by atoms with Crippen LogP contribution in [0.1, 0.15) is 126 Å². The average molecular weight is 624 g/mol. The van der Waals surface area contributed by atoms with Gasteiger partial charge in [0.1, 0.15) is 18.1 Å². The van der Waals surface area contributed by atoms with Crippen molar-refractivity contribution in [1.29, 1.82) is 0 Å². The monoisotopic (exact) mass is 623 g/mol. The number of esters is 1. The maximum atomic E-state index is 12.6. The number of carbonyl (C=O) groups excluding carboxylic acids is 1. The number of allylic oxidation sites excluding steroid dienone is 1. The first-order valence-electron chi connectivity index (χ1n) is 16.7. The minimum absolute atomic E-state index is 0.0437. The average Bonchev–Trinajstić information content (AvgIpc) is 2.99. The van der Waals surface area contributed by atoms with Gasteiger partial charge in [0, 0.05) is 13.0 Å². The molecule has 1 saturated heterocycles. The van der Waals surface area contributed by atoms with E-state index in [9.17, 15) is 14.3 Å². The minimum atomic E-state index is -4.64. The molecule has 0 spiro atoms. The number of unbranched alkanes of at least 4 members (excludes halogenated alkanes) is 13. The number of hydrogen-bond acceptors (Lipinski definition) is 7. The molecule has 0 bridgehead atoms. The highest BCUT2D eigenvalue weighted by atomic mass is 31.2. The summed E-state index contributed by atoms with van der Waals surface area (Å²) in [5.41, 5.74) is 1.28. The third-order valence-electron chi connectivity index (χ3n) is 8.14. The van der Waals surface area contributed by atoms with Crippen LogP contribution in [-0.4, -0.2) is 57.0 Å². The maximum Gasteiger partial charge on any atom is 0.338 e. The van der Waals surface area contributed by atoms with Gasteiger partial charge in [-0.2, -0.15) is 0 Å². The molecular formula is C34H58NO7P. The summed E-state index contributed by atoms with van der Waals surface area (Å²) in [6.07, 6.45) is 21.2. The number of nitrogens with zero attached hydrogens (tertiary/aromatic N) is 1. The highest BCUT2D eigenvalue weighted by Gasteiger charge is 2.27. The van der Waals surface area contributed by atoms with E-state index in [4.69, 9.17) is 18.5 Å². The summed E-state index contributed by atoms with van der Waals surface area (Å²) >= 11 is 0. The summed E-state index contributed by atoms with van der Waals surface area (Å²) in [5.74, 6) is -0.556. The zero-order valence-corrected chi connectivity index (χ0v) is 28.0. The molecule has 2 atom stereocenters. The molecule has 0 saturated carbocycles. The van der Waals surface area contributed by atoms with E-state index < -0.39 is 19.9 Å². The van der Waals surface area contributed by atoms with Gasteiger partial charge in [-0.15, -0.1) is 0 Å². The lowest BCUT2D eigenvalue weighted by molar-refractivity contribution is -0.858. The third kappa shape index (κ3) is 17.4. The number of quaternary nitrogens is 1. The van der Waals surface area contributed by atoms with Gasteiger partial charge in [-0.05, 0) is 31.4 Å². The zero-order valence-electron chi connectivity index (χ0n) is 27.1. The summed E-state index contributed by atoms with van der Waals surface area (Å²) in [6.45, 7) is 3.37. The number of phosphoric ester groups is 1. The fraction of sp³-hybridized carbons (Fsp3) is 0.735. The quantitative estimate of drug-likeness (QED) is 0.0376. The van der Waals surface area contributed by atoms with Gasteiger partial charge >= 0.3 is 13.8 Å². The molecule has 9 heteroatoms. The Bertz CT molecular complexity index is 953. The van der Waals surface area contributed by atoms with E-state index in [1.165, 1.54) is 83.3 Å². The summed E-state index contributed by atoms with van der Waals surface area (Å²) in [7, 11) is -0.590. The Labute approximate surface area is 261 Å². The van der Waals surface area contributed by atoms with Gasteiger partial charge in [0.05, 0.1) is 39.4 Å². The van der Waals surface area contributed by atoms with Crippen molar-refractivity contribution in [3.8, 4) is 0 Å². The molecule has 0 radical (unpaired) electrons. The molecule has 1 heterocycles. The fourth-order valence-corrected chi connectivity index (χ4v) is 5.98. The lowest BCUT2D eigenvalue weighted by Crippen LogP contribution is -2.42. The van der Waals surface area contributed by atoms with Gasteiger partial charge in [0.15, 0.2) is 0 Å². The van der Waals surface area contributed by atoms with Crippen LogP contribution in [0.15, 0.2) is 42.3 Å². The van der Waals surface area contributed by atoms with Crippen molar-refractivity contribution in [2.45, 2.75) is 122 Å². The number of rotatable bonds is 24. The molecule has 43 heavy (non-hydrogen) atoms. The first-order chi connectivity index (χ1) is 20.7.